The molecule has 0 aliphatic carbocycles. The van der Waals surface area contributed by atoms with E-state index >= 15 is 0 Å². The van der Waals surface area contributed by atoms with E-state index in [0.717, 1.165) is 4.47 Å². The highest BCUT2D eigenvalue weighted by atomic mass is 79.9. The van der Waals surface area contributed by atoms with Gasteiger partial charge in [0.2, 0.25) is 0 Å². The van der Waals surface area contributed by atoms with Gasteiger partial charge in [-0.1, -0.05) is 12.1 Å². The van der Waals surface area contributed by atoms with Crippen LogP contribution in [0.15, 0.2) is 28.1 Å². The van der Waals surface area contributed by atoms with Crippen molar-refractivity contribution in [1.29, 1.82) is 0 Å². The van der Waals surface area contributed by atoms with Gasteiger partial charge in [0.25, 0.3) is 0 Å². The van der Waals surface area contributed by atoms with E-state index in [2.05, 4.69) is 33.4 Å². The molecule has 2 rings (SSSR count). The van der Waals surface area contributed by atoms with Crippen LogP contribution in [0.4, 0.5) is 0 Å². The Balaban J connectivity index is 2.75. The molecule has 0 radical (unpaired) electrons. The molecule has 2 aromatic rings. The maximum absolute atomic E-state index is 6.07. The zero-order valence-electron chi connectivity index (χ0n) is 7.05. The Hall–Kier alpha value is -0.0500. The van der Waals surface area contributed by atoms with E-state index in [1.54, 1.807) is 11.3 Å². The molecule has 0 aliphatic rings. The smallest absolute Gasteiger partial charge is 0.0571 e. The van der Waals surface area contributed by atoms with Crippen molar-refractivity contribution in [2.45, 2.75) is 12.3 Å². The number of hydrogen-bond acceptors (Lipinski definition) is 1. The summed E-state index contributed by atoms with van der Waals surface area (Å²) in [4.78, 5) is 0. The zero-order valence-corrected chi connectivity index (χ0v) is 10.2. The summed E-state index contributed by atoms with van der Waals surface area (Å²) in [5, 5.41) is 3.48. The van der Waals surface area contributed by atoms with Crippen LogP contribution in [0.5, 0.6) is 0 Å². The number of fused-ring (bicyclic) bond motifs is 1. The lowest BCUT2D eigenvalue weighted by Gasteiger charge is -2.00. The van der Waals surface area contributed by atoms with E-state index in [1.807, 2.05) is 13.0 Å². The van der Waals surface area contributed by atoms with E-state index in [1.165, 1.54) is 15.6 Å². The number of benzene rings is 1. The first-order valence-corrected chi connectivity index (χ1v) is 6.10. The van der Waals surface area contributed by atoms with Gasteiger partial charge >= 0.3 is 0 Å². The second kappa shape index (κ2) is 3.60. The van der Waals surface area contributed by atoms with Crippen molar-refractivity contribution in [2.75, 3.05) is 0 Å². The Morgan fingerprint density at radius 2 is 2.23 bits per heavy atom. The number of hydrogen-bond donors (Lipinski definition) is 0. The van der Waals surface area contributed by atoms with Crippen LogP contribution in [0, 0.1) is 0 Å². The van der Waals surface area contributed by atoms with Gasteiger partial charge in [0.15, 0.2) is 0 Å². The third kappa shape index (κ3) is 1.63. The lowest BCUT2D eigenvalue weighted by atomic mass is 10.1. The van der Waals surface area contributed by atoms with Crippen molar-refractivity contribution in [3.8, 4) is 0 Å². The van der Waals surface area contributed by atoms with Crippen LogP contribution >= 0.6 is 38.9 Å². The first kappa shape index (κ1) is 9.50. The van der Waals surface area contributed by atoms with Gasteiger partial charge in [-0.05, 0) is 45.2 Å². The minimum Gasteiger partial charge on any atom is -0.142 e. The standard InChI is InChI=1S/C10H8BrClS/c1-6(12)8-5-13-10-7(8)3-2-4-9(10)11/h2-6H,1H3. The number of rotatable bonds is 1. The van der Waals surface area contributed by atoms with E-state index in [0.29, 0.717) is 0 Å². The highest BCUT2D eigenvalue weighted by molar-refractivity contribution is 9.10. The van der Waals surface area contributed by atoms with Crippen molar-refractivity contribution in [3.05, 3.63) is 33.6 Å². The molecule has 0 bridgehead atoms. The topological polar surface area (TPSA) is 0 Å². The molecule has 1 atom stereocenters. The molecule has 0 spiro atoms. The van der Waals surface area contributed by atoms with Gasteiger partial charge in [-0.15, -0.1) is 22.9 Å². The molecule has 13 heavy (non-hydrogen) atoms. The van der Waals surface area contributed by atoms with Gasteiger partial charge in [0, 0.05) is 9.17 Å². The molecular formula is C10H8BrClS. The molecule has 0 aliphatic heterocycles. The van der Waals surface area contributed by atoms with Gasteiger partial charge in [0.1, 0.15) is 0 Å². The summed E-state index contributed by atoms with van der Waals surface area (Å²) in [5.41, 5.74) is 1.22. The van der Waals surface area contributed by atoms with Crippen molar-refractivity contribution < 1.29 is 0 Å². The Morgan fingerprint density at radius 1 is 1.46 bits per heavy atom. The molecule has 0 nitrogen and oxygen atoms in total. The van der Waals surface area contributed by atoms with E-state index < -0.39 is 0 Å². The molecule has 1 unspecified atom stereocenters. The lowest BCUT2D eigenvalue weighted by molar-refractivity contribution is 1.11. The predicted octanol–water partition coefficient (Wildman–Crippen LogP) is 4.96. The van der Waals surface area contributed by atoms with Crippen LogP contribution in [0.25, 0.3) is 10.1 Å². The normalized spacial score (nSPS) is 13.5. The summed E-state index contributed by atoms with van der Waals surface area (Å²) in [7, 11) is 0. The van der Waals surface area contributed by atoms with Crippen molar-refractivity contribution in [2.24, 2.45) is 0 Å². The average molecular weight is 276 g/mol. The fourth-order valence-corrected chi connectivity index (χ4v) is 3.32. The number of thiophene rings is 1. The predicted molar refractivity (Wildman–Crippen MR) is 63.8 cm³/mol. The largest absolute Gasteiger partial charge is 0.142 e. The van der Waals surface area contributed by atoms with Crippen LogP contribution in [0.2, 0.25) is 0 Å². The van der Waals surface area contributed by atoms with Crippen molar-refractivity contribution in [3.63, 3.8) is 0 Å². The fraction of sp³-hybridized carbons (Fsp3) is 0.200. The number of alkyl halides is 1. The van der Waals surface area contributed by atoms with Gasteiger partial charge in [-0.25, -0.2) is 0 Å². The molecule has 0 saturated carbocycles. The molecule has 0 amide bonds. The number of halogens is 2. The van der Waals surface area contributed by atoms with Crippen molar-refractivity contribution in [1.82, 2.24) is 0 Å². The van der Waals surface area contributed by atoms with E-state index in [9.17, 15) is 0 Å². The second-order valence-electron chi connectivity index (χ2n) is 2.92. The molecule has 68 valence electrons. The first-order valence-electron chi connectivity index (χ1n) is 4.00. The van der Waals surface area contributed by atoms with Crippen LogP contribution in [-0.2, 0) is 0 Å². The molecule has 0 saturated heterocycles. The van der Waals surface area contributed by atoms with Crippen LogP contribution in [0.1, 0.15) is 17.9 Å². The van der Waals surface area contributed by atoms with Gasteiger partial charge in [0.05, 0.1) is 5.38 Å². The lowest BCUT2D eigenvalue weighted by Crippen LogP contribution is -1.79. The second-order valence-corrected chi connectivity index (χ2v) is 5.31. The van der Waals surface area contributed by atoms with Crippen LogP contribution in [-0.4, -0.2) is 0 Å². The maximum Gasteiger partial charge on any atom is 0.0571 e. The molecular weight excluding hydrogens is 268 g/mol. The molecule has 1 aromatic heterocycles. The third-order valence-electron chi connectivity index (χ3n) is 2.01. The summed E-state index contributed by atoms with van der Waals surface area (Å²) >= 11 is 11.3. The summed E-state index contributed by atoms with van der Waals surface area (Å²) in [5.74, 6) is 0. The Labute approximate surface area is 94.7 Å². The van der Waals surface area contributed by atoms with Gasteiger partial charge in [-0.3, -0.25) is 0 Å². The zero-order chi connectivity index (χ0) is 9.42. The summed E-state index contributed by atoms with van der Waals surface area (Å²) in [6.07, 6.45) is 0. The molecule has 1 heterocycles. The molecule has 1 aromatic carbocycles. The fourth-order valence-electron chi connectivity index (χ4n) is 1.35. The third-order valence-corrected chi connectivity index (χ3v) is 4.22. The Kier molecular flexibility index (Phi) is 2.63. The van der Waals surface area contributed by atoms with Crippen molar-refractivity contribution >= 4 is 49.0 Å². The SMILES string of the molecule is CC(Cl)c1csc2c(Br)cccc12. The first-order chi connectivity index (χ1) is 6.20. The monoisotopic (exact) mass is 274 g/mol. The molecule has 0 fully saturated rings. The molecule has 3 heteroatoms. The quantitative estimate of drug-likeness (QED) is 0.645. The Morgan fingerprint density at radius 3 is 2.92 bits per heavy atom. The molecule has 0 N–H and O–H groups in total. The maximum atomic E-state index is 6.07. The highest BCUT2D eigenvalue weighted by Gasteiger charge is 2.09. The van der Waals surface area contributed by atoms with Gasteiger partial charge in [-0.2, -0.15) is 0 Å². The van der Waals surface area contributed by atoms with E-state index in [-0.39, 0.29) is 5.38 Å². The Bertz CT molecular complexity index is 433. The van der Waals surface area contributed by atoms with Crippen LogP contribution in [0.3, 0.4) is 0 Å². The highest BCUT2D eigenvalue weighted by Crippen LogP contribution is 2.36. The average Bonchev–Trinajstić information content (AvgIpc) is 2.48. The van der Waals surface area contributed by atoms with E-state index in [4.69, 9.17) is 11.6 Å². The minimum absolute atomic E-state index is 0.0862. The van der Waals surface area contributed by atoms with Gasteiger partial charge < -0.3 is 0 Å². The minimum atomic E-state index is 0.0862. The van der Waals surface area contributed by atoms with Crippen LogP contribution < -0.4 is 0 Å². The summed E-state index contributed by atoms with van der Waals surface area (Å²) in [6, 6.07) is 6.22. The summed E-state index contributed by atoms with van der Waals surface area (Å²) < 4.78 is 2.43. The summed E-state index contributed by atoms with van der Waals surface area (Å²) in [6.45, 7) is 2.00.